The van der Waals surface area contributed by atoms with Crippen molar-refractivity contribution in [1.29, 1.82) is 0 Å². The Morgan fingerprint density at radius 2 is 1.80 bits per heavy atom. The van der Waals surface area contributed by atoms with Crippen molar-refractivity contribution in [2.24, 2.45) is 0 Å². The van der Waals surface area contributed by atoms with Crippen molar-refractivity contribution < 1.29 is 0 Å². The van der Waals surface area contributed by atoms with Crippen LogP contribution in [0.1, 0.15) is 30.4 Å². The van der Waals surface area contributed by atoms with E-state index in [2.05, 4.69) is 39.0 Å². The van der Waals surface area contributed by atoms with Crippen LogP contribution in [0, 0.1) is 20.8 Å². The third kappa shape index (κ3) is 2.27. The Bertz CT molecular complexity index is 448. The molecule has 0 aliphatic heterocycles. The van der Waals surface area contributed by atoms with Gasteiger partial charge in [0.15, 0.2) is 0 Å². The van der Waals surface area contributed by atoms with E-state index in [1.165, 1.54) is 25.1 Å². The van der Waals surface area contributed by atoms with Crippen LogP contribution < -0.4 is 0 Å². The number of hydrogen-bond acceptors (Lipinski definition) is 2. The molecule has 0 spiro atoms. The van der Waals surface area contributed by atoms with Crippen molar-refractivity contribution in [2.75, 3.05) is 0 Å². The van der Waals surface area contributed by atoms with Crippen LogP contribution in [0.4, 0.5) is 0 Å². The fraction of sp³-hybridized carbons (Fsp3) is 0.333. The van der Waals surface area contributed by atoms with Gasteiger partial charge in [-0.2, -0.15) is 0 Å². The lowest BCUT2D eigenvalue weighted by molar-refractivity contribution is 1.23. The Hall–Kier alpha value is -0.310. The molecule has 2 rings (SSSR count). The summed E-state index contributed by atoms with van der Waals surface area (Å²) in [7, 11) is 0. The van der Waals surface area contributed by atoms with E-state index in [0.717, 1.165) is 0 Å². The van der Waals surface area contributed by atoms with Gasteiger partial charge in [-0.15, -0.1) is 34.3 Å². The highest BCUT2D eigenvalue weighted by Crippen LogP contribution is 2.38. The SMILES string of the molecule is Cc1ccc(C(Cl)c2cc(C)c(C)s2)s1. The lowest BCUT2D eigenvalue weighted by Crippen LogP contribution is -1.84. The predicted molar refractivity (Wildman–Crippen MR) is 70.5 cm³/mol. The average molecular weight is 257 g/mol. The van der Waals surface area contributed by atoms with E-state index in [1.807, 2.05) is 0 Å². The maximum absolute atomic E-state index is 6.45. The van der Waals surface area contributed by atoms with Gasteiger partial charge in [-0.1, -0.05) is 0 Å². The molecule has 0 saturated heterocycles. The second-order valence-electron chi connectivity index (χ2n) is 3.70. The summed E-state index contributed by atoms with van der Waals surface area (Å²) >= 11 is 10.0. The van der Waals surface area contributed by atoms with Crippen LogP contribution in [0.2, 0.25) is 0 Å². The maximum Gasteiger partial charge on any atom is 0.102 e. The number of aryl methyl sites for hydroxylation is 3. The summed E-state index contributed by atoms with van der Waals surface area (Å²) < 4.78 is 0. The first-order valence-electron chi connectivity index (χ1n) is 4.85. The minimum atomic E-state index is 0.0288. The van der Waals surface area contributed by atoms with Crippen LogP contribution >= 0.6 is 34.3 Å². The Labute approximate surface area is 104 Å². The van der Waals surface area contributed by atoms with E-state index in [9.17, 15) is 0 Å². The highest BCUT2D eigenvalue weighted by atomic mass is 35.5. The summed E-state index contributed by atoms with van der Waals surface area (Å²) in [5, 5.41) is 0.0288. The summed E-state index contributed by atoms with van der Waals surface area (Å²) in [6.45, 7) is 6.40. The Morgan fingerprint density at radius 1 is 1.07 bits per heavy atom. The summed E-state index contributed by atoms with van der Waals surface area (Å²) in [4.78, 5) is 5.19. The molecule has 0 amide bonds. The van der Waals surface area contributed by atoms with Gasteiger partial charge >= 0.3 is 0 Å². The molecule has 0 aliphatic carbocycles. The molecule has 0 radical (unpaired) electrons. The molecule has 15 heavy (non-hydrogen) atoms. The summed E-state index contributed by atoms with van der Waals surface area (Å²) in [6.07, 6.45) is 0. The largest absolute Gasteiger partial charge is 0.144 e. The van der Waals surface area contributed by atoms with E-state index in [-0.39, 0.29) is 5.38 Å². The van der Waals surface area contributed by atoms with Crippen molar-refractivity contribution in [2.45, 2.75) is 26.1 Å². The Kier molecular flexibility index (Phi) is 3.19. The summed E-state index contributed by atoms with van der Waals surface area (Å²) in [5.41, 5.74) is 1.34. The first-order chi connectivity index (χ1) is 7.08. The zero-order valence-electron chi connectivity index (χ0n) is 9.00. The highest BCUT2D eigenvalue weighted by Gasteiger charge is 2.15. The average Bonchev–Trinajstić information content (AvgIpc) is 2.74. The molecule has 0 nitrogen and oxygen atoms in total. The molecule has 0 saturated carbocycles. The molecule has 2 aromatic rings. The lowest BCUT2D eigenvalue weighted by Gasteiger charge is -2.02. The molecular formula is C12H13ClS2. The van der Waals surface area contributed by atoms with Gasteiger partial charge in [0.2, 0.25) is 0 Å². The van der Waals surface area contributed by atoms with Gasteiger partial charge in [-0.05, 0) is 44.5 Å². The Morgan fingerprint density at radius 3 is 2.27 bits per heavy atom. The van der Waals surface area contributed by atoms with Gasteiger partial charge in [0, 0.05) is 19.5 Å². The first kappa shape index (κ1) is 11.2. The molecule has 2 aromatic heterocycles. The third-order valence-corrected chi connectivity index (χ3v) is 5.46. The Balaban J connectivity index is 2.31. The standard InChI is InChI=1S/C12H13ClS2/c1-7-6-11(15-9(7)3)12(13)10-5-4-8(2)14-10/h4-6,12H,1-3H3. The molecule has 0 aliphatic rings. The van der Waals surface area contributed by atoms with Crippen LogP contribution in [0.5, 0.6) is 0 Å². The predicted octanol–water partition coefficient (Wildman–Crippen LogP) is 5.06. The fourth-order valence-corrected chi connectivity index (χ4v) is 3.85. The molecule has 0 fully saturated rings. The van der Waals surface area contributed by atoms with Gasteiger partial charge in [0.1, 0.15) is 5.38 Å². The van der Waals surface area contributed by atoms with E-state index in [0.29, 0.717) is 0 Å². The van der Waals surface area contributed by atoms with Crippen LogP contribution in [0.3, 0.4) is 0 Å². The highest BCUT2D eigenvalue weighted by molar-refractivity contribution is 7.14. The van der Waals surface area contributed by atoms with Crippen molar-refractivity contribution in [3.63, 3.8) is 0 Å². The molecule has 1 unspecified atom stereocenters. The maximum atomic E-state index is 6.45. The summed E-state index contributed by atoms with van der Waals surface area (Å²) in [6, 6.07) is 6.46. The normalized spacial score (nSPS) is 13.1. The quantitative estimate of drug-likeness (QED) is 0.659. The molecule has 80 valence electrons. The topological polar surface area (TPSA) is 0 Å². The van der Waals surface area contributed by atoms with Crippen LogP contribution in [-0.2, 0) is 0 Å². The van der Waals surface area contributed by atoms with E-state index >= 15 is 0 Å². The van der Waals surface area contributed by atoms with Gasteiger partial charge in [-0.3, -0.25) is 0 Å². The number of alkyl halides is 1. The number of thiophene rings is 2. The van der Waals surface area contributed by atoms with Crippen molar-refractivity contribution in [3.8, 4) is 0 Å². The molecule has 0 aromatic carbocycles. The molecule has 1 atom stereocenters. The molecule has 0 N–H and O–H groups in total. The second kappa shape index (κ2) is 4.28. The van der Waals surface area contributed by atoms with Crippen LogP contribution in [-0.4, -0.2) is 0 Å². The fourth-order valence-electron chi connectivity index (χ4n) is 1.46. The monoisotopic (exact) mass is 256 g/mol. The third-order valence-electron chi connectivity index (χ3n) is 2.45. The van der Waals surface area contributed by atoms with Crippen LogP contribution in [0.15, 0.2) is 18.2 Å². The van der Waals surface area contributed by atoms with E-state index in [1.54, 1.807) is 22.7 Å². The van der Waals surface area contributed by atoms with Gasteiger partial charge in [0.05, 0.1) is 0 Å². The first-order valence-corrected chi connectivity index (χ1v) is 6.92. The second-order valence-corrected chi connectivity index (χ2v) is 6.74. The van der Waals surface area contributed by atoms with Crippen molar-refractivity contribution in [3.05, 3.63) is 43.3 Å². The lowest BCUT2D eigenvalue weighted by atomic mass is 10.2. The zero-order valence-corrected chi connectivity index (χ0v) is 11.4. The minimum Gasteiger partial charge on any atom is -0.144 e. The van der Waals surface area contributed by atoms with Gasteiger partial charge in [0.25, 0.3) is 0 Å². The molecule has 3 heteroatoms. The minimum absolute atomic E-state index is 0.0288. The van der Waals surface area contributed by atoms with Crippen molar-refractivity contribution in [1.82, 2.24) is 0 Å². The zero-order chi connectivity index (χ0) is 11.0. The number of rotatable bonds is 2. The van der Waals surface area contributed by atoms with Gasteiger partial charge < -0.3 is 0 Å². The molecule has 2 heterocycles. The van der Waals surface area contributed by atoms with Crippen LogP contribution in [0.25, 0.3) is 0 Å². The number of hydrogen-bond donors (Lipinski definition) is 0. The van der Waals surface area contributed by atoms with Gasteiger partial charge in [-0.25, -0.2) is 0 Å². The van der Waals surface area contributed by atoms with Crippen molar-refractivity contribution >= 4 is 34.3 Å². The number of halogens is 1. The van der Waals surface area contributed by atoms with E-state index < -0.39 is 0 Å². The summed E-state index contributed by atoms with van der Waals surface area (Å²) in [5.74, 6) is 0. The molecular weight excluding hydrogens is 244 g/mol. The van der Waals surface area contributed by atoms with E-state index in [4.69, 9.17) is 11.6 Å². The smallest absolute Gasteiger partial charge is 0.102 e. The molecule has 0 bridgehead atoms.